The van der Waals surface area contributed by atoms with E-state index in [4.69, 9.17) is 0 Å². The molecule has 0 aromatic rings. The summed E-state index contributed by atoms with van der Waals surface area (Å²) in [6.07, 6.45) is 1.07. The van der Waals surface area contributed by atoms with Gasteiger partial charge in [0.05, 0.1) is 0 Å². The Balaban J connectivity index is 3.27. The number of nitrogens with one attached hydrogen (secondary N) is 2. The highest BCUT2D eigenvalue weighted by atomic mass is 33.1. The molecule has 0 aromatic carbocycles. The predicted octanol–water partition coefficient (Wildman–Crippen LogP) is 1.42. The summed E-state index contributed by atoms with van der Waals surface area (Å²) >= 11 is 0. The molecule has 2 N–H and O–H groups in total. The first-order chi connectivity index (χ1) is 7.56. The van der Waals surface area contributed by atoms with Gasteiger partial charge in [-0.15, -0.1) is 0 Å². The first-order valence-corrected chi connectivity index (χ1v) is 7.79. The highest BCUT2D eigenvalue weighted by Gasteiger charge is 2.03. The van der Waals surface area contributed by atoms with Gasteiger partial charge in [-0.25, -0.2) is 0 Å². The third kappa shape index (κ3) is 10.2. The van der Waals surface area contributed by atoms with E-state index in [1.807, 2.05) is 13.8 Å². The van der Waals surface area contributed by atoms with Gasteiger partial charge in [-0.2, -0.15) is 0 Å². The summed E-state index contributed by atoms with van der Waals surface area (Å²) < 4.78 is 0. The van der Waals surface area contributed by atoms with E-state index in [1.54, 1.807) is 28.6 Å². The fourth-order valence-corrected chi connectivity index (χ4v) is 2.89. The molecule has 0 fully saturated rings. The van der Waals surface area contributed by atoms with Gasteiger partial charge in [0, 0.05) is 37.4 Å². The predicted molar refractivity (Wildman–Crippen MR) is 71.5 cm³/mol. The third-order valence-electron chi connectivity index (χ3n) is 1.64. The van der Waals surface area contributed by atoms with Crippen LogP contribution < -0.4 is 10.6 Å². The average Bonchev–Trinajstić information content (AvgIpc) is 2.21. The summed E-state index contributed by atoms with van der Waals surface area (Å²) in [4.78, 5) is 22.1. The van der Waals surface area contributed by atoms with Crippen LogP contribution in [0, 0.1) is 0 Å². The van der Waals surface area contributed by atoms with Crippen LogP contribution in [0.3, 0.4) is 0 Å². The standard InChI is InChI=1S/C10H20N2O2S2/c1-8(2)12-10(14)5-7-16-15-6-4-9(13)11-3/h8H,4-7H2,1-3H3,(H,11,13)(H,12,14). The molecule has 2 amide bonds. The second-order valence-corrected chi connectivity index (χ2v) is 6.24. The lowest BCUT2D eigenvalue weighted by molar-refractivity contribution is -0.121. The second-order valence-electron chi connectivity index (χ2n) is 3.54. The molecule has 0 saturated carbocycles. The molecule has 0 unspecified atom stereocenters. The molecule has 0 bridgehead atoms. The van der Waals surface area contributed by atoms with Crippen LogP contribution in [-0.2, 0) is 9.59 Å². The highest BCUT2D eigenvalue weighted by Crippen LogP contribution is 2.22. The van der Waals surface area contributed by atoms with Gasteiger partial charge in [0.1, 0.15) is 0 Å². The van der Waals surface area contributed by atoms with Crippen molar-refractivity contribution in [3.8, 4) is 0 Å². The van der Waals surface area contributed by atoms with E-state index in [9.17, 15) is 9.59 Å². The molecule has 0 aliphatic rings. The molecule has 0 spiro atoms. The quantitative estimate of drug-likeness (QED) is 0.514. The Morgan fingerprint density at radius 1 is 1.06 bits per heavy atom. The summed E-state index contributed by atoms with van der Waals surface area (Å²) in [5.74, 6) is 1.73. The minimum Gasteiger partial charge on any atom is -0.359 e. The maximum absolute atomic E-state index is 11.2. The van der Waals surface area contributed by atoms with E-state index in [0.717, 1.165) is 11.5 Å². The van der Waals surface area contributed by atoms with E-state index in [1.165, 1.54) is 0 Å². The van der Waals surface area contributed by atoms with Gasteiger partial charge >= 0.3 is 0 Å². The zero-order valence-electron chi connectivity index (χ0n) is 10.0. The Hall–Kier alpha value is -0.360. The van der Waals surface area contributed by atoms with Crippen molar-refractivity contribution >= 4 is 33.4 Å². The zero-order chi connectivity index (χ0) is 12.4. The van der Waals surface area contributed by atoms with Gasteiger partial charge in [-0.1, -0.05) is 21.6 Å². The van der Waals surface area contributed by atoms with E-state index in [2.05, 4.69) is 10.6 Å². The molecule has 0 aliphatic carbocycles. The van der Waals surface area contributed by atoms with Gasteiger partial charge in [-0.3, -0.25) is 9.59 Å². The van der Waals surface area contributed by atoms with Gasteiger partial charge in [0.25, 0.3) is 0 Å². The van der Waals surface area contributed by atoms with Gasteiger partial charge in [0.2, 0.25) is 11.8 Å². The molecule has 0 radical (unpaired) electrons. The smallest absolute Gasteiger partial charge is 0.221 e. The summed E-state index contributed by atoms with van der Waals surface area (Å²) in [5, 5.41) is 5.41. The maximum atomic E-state index is 11.2. The number of hydrogen-bond acceptors (Lipinski definition) is 4. The van der Waals surface area contributed by atoms with Crippen LogP contribution in [0.1, 0.15) is 26.7 Å². The van der Waals surface area contributed by atoms with Crippen molar-refractivity contribution in [2.75, 3.05) is 18.6 Å². The highest BCUT2D eigenvalue weighted by molar-refractivity contribution is 8.76. The SMILES string of the molecule is CNC(=O)CCSSCCC(=O)NC(C)C. The Morgan fingerprint density at radius 2 is 1.56 bits per heavy atom. The van der Waals surface area contributed by atoms with Crippen LogP contribution in [0.4, 0.5) is 0 Å². The number of carbonyl (C=O) groups excluding carboxylic acids is 2. The lowest BCUT2D eigenvalue weighted by Gasteiger charge is -2.07. The van der Waals surface area contributed by atoms with Crippen molar-refractivity contribution in [3.05, 3.63) is 0 Å². The van der Waals surface area contributed by atoms with Crippen molar-refractivity contribution < 1.29 is 9.59 Å². The fraction of sp³-hybridized carbons (Fsp3) is 0.800. The molecule has 0 atom stereocenters. The van der Waals surface area contributed by atoms with Crippen molar-refractivity contribution in [2.24, 2.45) is 0 Å². The largest absolute Gasteiger partial charge is 0.359 e. The lowest BCUT2D eigenvalue weighted by atomic mass is 10.3. The van der Waals surface area contributed by atoms with E-state index in [0.29, 0.717) is 12.8 Å². The number of hydrogen-bond donors (Lipinski definition) is 2. The van der Waals surface area contributed by atoms with E-state index >= 15 is 0 Å². The Bertz CT molecular complexity index is 223. The topological polar surface area (TPSA) is 58.2 Å². The second kappa shape index (κ2) is 9.84. The third-order valence-corrected chi connectivity index (χ3v) is 4.04. The first kappa shape index (κ1) is 15.6. The van der Waals surface area contributed by atoms with Crippen LogP contribution in [0.15, 0.2) is 0 Å². The molecule has 0 saturated heterocycles. The summed E-state index contributed by atoms with van der Waals surface area (Å²) in [6, 6.07) is 0.207. The molecule has 0 aliphatic heterocycles. The summed E-state index contributed by atoms with van der Waals surface area (Å²) in [5.41, 5.74) is 0. The molecule has 0 heterocycles. The molecule has 0 aromatic heterocycles. The monoisotopic (exact) mass is 264 g/mol. The van der Waals surface area contributed by atoms with Crippen LogP contribution in [-0.4, -0.2) is 36.4 Å². The van der Waals surface area contributed by atoms with Gasteiger partial charge < -0.3 is 10.6 Å². The Morgan fingerprint density at radius 3 is 2.00 bits per heavy atom. The van der Waals surface area contributed by atoms with Crippen LogP contribution in [0.2, 0.25) is 0 Å². The molecular formula is C10H20N2O2S2. The van der Waals surface area contributed by atoms with Crippen molar-refractivity contribution in [1.82, 2.24) is 10.6 Å². The minimum atomic E-state index is 0.0608. The number of amides is 2. The number of carbonyl (C=O) groups is 2. The molecular weight excluding hydrogens is 244 g/mol. The van der Waals surface area contributed by atoms with Crippen molar-refractivity contribution in [1.29, 1.82) is 0 Å². The molecule has 4 nitrogen and oxygen atoms in total. The average molecular weight is 264 g/mol. The van der Waals surface area contributed by atoms with Crippen LogP contribution in [0.25, 0.3) is 0 Å². The molecule has 16 heavy (non-hydrogen) atoms. The first-order valence-electron chi connectivity index (χ1n) is 5.30. The lowest BCUT2D eigenvalue weighted by Crippen LogP contribution is -2.30. The Kier molecular flexibility index (Phi) is 9.62. The van der Waals surface area contributed by atoms with E-state index < -0.39 is 0 Å². The molecule has 0 rings (SSSR count). The fourth-order valence-electron chi connectivity index (χ4n) is 0.906. The zero-order valence-corrected chi connectivity index (χ0v) is 11.7. The van der Waals surface area contributed by atoms with Crippen molar-refractivity contribution in [2.45, 2.75) is 32.7 Å². The van der Waals surface area contributed by atoms with Gasteiger partial charge in [0.15, 0.2) is 0 Å². The van der Waals surface area contributed by atoms with Crippen molar-refractivity contribution in [3.63, 3.8) is 0 Å². The van der Waals surface area contributed by atoms with Crippen LogP contribution >= 0.6 is 21.6 Å². The number of rotatable bonds is 8. The van der Waals surface area contributed by atoms with Crippen LogP contribution in [0.5, 0.6) is 0 Å². The summed E-state index contributed by atoms with van der Waals surface area (Å²) in [6.45, 7) is 3.90. The normalized spacial score (nSPS) is 10.2. The van der Waals surface area contributed by atoms with E-state index in [-0.39, 0.29) is 17.9 Å². The minimum absolute atomic E-state index is 0.0608. The van der Waals surface area contributed by atoms with Gasteiger partial charge in [-0.05, 0) is 13.8 Å². The summed E-state index contributed by atoms with van der Waals surface area (Å²) in [7, 11) is 4.91. The Labute approximate surface area is 105 Å². The maximum Gasteiger partial charge on any atom is 0.221 e. The molecule has 6 heteroatoms. The molecule has 94 valence electrons.